The predicted octanol–water partition coefficient (Wildman–Crippen LogP) is 2.15. The van der Waals surface area contributed by atoms with Crippen LogP contribution in [0.5, 0.6) is 0 Å². The Labute approximate surface area is 112 Å². The predicted molar refractivity (Wildman–Crippen MR) is 71.8 cm³/mol. The molecule has 0 atom stereocenters. The molecule has 0 amide bonds. The van der Waals surface area contributed by atoms with Crippen LogP contribution >= 0.6 is 10.7 Å². The Bertz CT molecular complexity index is 627. The van der Waals surface area contributed by atoms with E-state index in [0.29, 0.717) is 0 Å². The van der Waals surface area contributed by atoms with E-state index in [9.17, 15) is 16.8 Å². The van der Waals surface area contributed by atoms with Gasteiger partial charge in [0.25, 0.3) is 9.05 Å². The number of benzene rings is 1. The van der Waals surface area contributed by atoms with Gasteiger partial charge >= 0.3 is 0 Å². The lowest BCUT2D eigenvalue weighted by Gasteiger charge is -2.20. The molecule has 102 valence electrons. The van der Waals surface area contributed by atoms with Crippen molar-refractivity contribution in [2.45, 2.75) is 30.4 Å². The third-order valence-corrected chi connectivity index (χ3v) is 5.68. The molecule has 1 rings (SSSR count). The minimum Gasteiger partial charge on any atom is -0.283 e. The molecule has 0 heterocycles. The van der Waals surface area contributed by atoms with Crippen LogP contribution in [0.1, 0.15) is 20.8 Å². The summed E-state index contributed by atoms with van der Waals surface area (Å²) in [6.07, 6.45) is 0. The van der Waals surface area contributed by atoms with Gasteiger partial charge in [0.05, 0.1) is 9.64 Å². The van der Waals surface area contributed by atoms with Gasteiger partial charge in [-0.25, -0.2) is 16.8 Å². The van der Waals surface area contributed by atoms with E-state index in [2.05, 4.69) is 4.72 Å². The average Bonchev–Trinajstić information content (AvgIpc) is 2.14. The van der Waals surface area contributed by atoms with Crippen LogP contribution < -0.4 is 4.72 Å². The van der Waals surface area contributed by atoms with Crippen molar-refractivity contribution in [3.05, 3.63) is 24.3 Å². The summed E-state index contributed by atoms with van der Waals surface area (Å²) in [6, 6.07) is 5.17. The first-order valence-electron chi connectivity index (χ1n) is 5.00. The summed E-state index contributed by atoms with van der Waals surface area (Å²) in [4.78, 5) is -0.0807. The van der Waals surface area contributed by atoms with Gasteiger partial charge < -0.3 is 0 Å². The summed E-state index contributed by atoms with van der Waals surface area (Å²) in [5.74, 6) is 0. The Kier molecular flexibility index (Phi) is 4.00. The monoisotopic (exact) mass is 311 g/mol. The van der Waals surface area contributed by atoms with Crippen molar-refractivity contribution in [1.29, 1.82) is 0 Å². The minimum atomic E-state index is -3.80. The largest absolute Gasteiger partial charge is 0.283 e. The SMILES string of the molecule is CC(C)(C)S(=O)(=O)Nc1ccc(S(=O)(=O)Cl)cc1. The molecule has 1 aromatic rings. The number of hydrogen-bond donors (Lipinski definition) is 1. The molecular formula is C10H14ClNO4S2. The van der Waals surface area contributed by atoms with Crippen molar-refractivity contribution in [2.75, 3.05) is 4.72 Å². The zero-order chi connectivity index (χ0) is 14.2. The number of anilines is 1. The van der Waals surface area contributed by atoms with Crippen molar-refractivity contribution >= 4 is 35.4 Å². The molecule has 0 aliphatic carbocycles. The highest BCUT2D eigenvalue weighted by molar-refractivity contribution is 8.13. The van der Waals surface area contributed by atoms with Gasteiger partial charge in [-0.15, -0.1) is 0 Å². The van der Waals surface area contributed by atoms with Gasteiger partial charge in [-0.3, -0.25) is 4.72 Å². The summed E-state index contributed by atoms with van der Waals surface area (Å²) in [7, 11) is -2.18. The van der Waals surface area contributed by atoms with Crippen LogP contribution in [-0.2, 0) is 19.1 Å². The second-order valence-corrected chi connectivity index (χ2v) is 9.68. The molecule has 0 spiro atoms. The van der Waals surface area contributed by atoms with Crippen LogP contribution in [0.15, 0.2) is 29.2 Å². The second-order valence-electron chi connectivity index (χ2n) is 4.68. The van der Waals surface area contributed by atoms with Crippen LogP contribution in [0.25, 0.3) is 0 Å². The van der Waals surface area contributed by atoms with Crippen molar-refractivity contribution in [3.63, 3.8) is 0 Å². The third-order valence-electron chi connectivity index (χ3n) is 2.19. The molecule has 0 aromatic heterocycles. The third kappa shape index (κ3) is 3.60. The molecule has 0 radical (unpaired) electrons. The Morgan fingerprint density at radius 3 is 1.78 bits per heavy atom. The number of rotatable bonds is 3. The Morgan fingerprint density at radius 2 is 1.44 bits per heavy atom. The van der Waals surface area contributed by atoms with Crippen LogP contribution in [-0.4, -0.2) is 21.6 Å². The molecule has 8 heteroatoms. The lowest BCUT2D eigenvalue weighted by molar-refractivity contribution is 0.566. The van der Waals surface area contributed by atoms with Gasteiger partial charge in [0.2, 0.25) is 10.0 Å². The second kappa shape index (κ2) is 4.71. The topological polar surface area (TPSA) is 80.3 Å². The summed E-state index contributed by atoms with van der Waals surface area (Å²) < 4.78 is 47.1. The smallest absolute Gasteiger partial charge is 0.261 e. The van der Waals surface area contributed by atoms with E-state index in [-0.39, 0.29) is 10.6 Å². The zero-order valence-electron chi connectivity index (χ0n) is 10.1. The van der Waals surface area contributed by atoms with Gasteiger partial charge in [0, 0.05) is 16.4 Å². The van der Waals surface area contributed by atoms with Crippen molar-refractivity contribution in [2.24, 2.45) is 0 Å². The maximum Gasteiger partial charge on any atom is 0.261 e. The van der Waals surface area contributed by atoms with Crippen LogP contribution in [0.2, 0.25) is 0 Å². The molecule has 18 heavy (non-hydrogen) atoms. The molecule has 0 saturated carbocycles. The Balaban J connectivity index is 3.03. The molecule has 1 aromatic carbocycles. The van der Waals surface area contributed by atoms with Crippen molar-refractivity contribution in [3.8, 4) is 0 Å². The number of sulfonamides is 1. The molecular weight excluding hydrogens is 298 g/mol. The van der Waals surface area contributed by atoms with E-state index in [1.807, 2.05) is 0 Å². The Hall–Kier alpha value is -0.790. The first-order chi connectivity index (χ1) is 7.93. The number of hydrogen-bond acceptors (Lipinski definition) is 4. The fourth-order valence-electron chi connectivity index (χ4n) is 0.994. The number of nitrogens with one attached hydrogen (secondary N) is 1. The number of halogens is 1. The van der Waals surface area contributed by atoms with E-state index in [1.165, 1.54) is 24.3 Å². The van der Waals surface area contributed by atoms with Gasteiger partial charge in [-0.2, -0.15) is 0 Å². The molecule has 0 aliphatic heterocycles. The van der Waals surface area contributed by atoms with E-state index in [1.54, 1.807) is 20.8 Å². The summed E-state index contributed by atoms with van der Waals surface area (Å²) >= 11 is 0. The van der Waals surface area contributed by atoms with Gasteiger partial charge in [0.1, 0.15) is 0 Å². The fourth-order valence-corrected chi connectivity index (χ4v) is 2.52. The molecule has 0 aliphatic rings. The van der Waals surface area contributed by atoms with Crippen LogP contribution in [0.4, 0.5) is 5.69 Å². The average molecular weight is 312 g/mol. The van der Waals surface area contributed by atoms with Gasteiger partial charge in [-0.1, -0.05) is 0 Å². The van der Waals surface area contributed by atoms with Crippen molar-refractivity contribution < 1.29 is 16.8 Å². The van der Waals surface area contributed by atoms with E-state index < -0.39 is 23.8 Å². The highest BCUT2D eigenvalue weighted by atomic mass is 35.7. The van der Waals surface area contributed by atoms with Gasteiger partial charge in [-0.05, 0) is 45.0 Å². The highest BCUT2D eigenvalue weighted by Gasteiger charge is 2.28. The van der Waals surface area contributed by atoms with E-state index >= 15 is 0 Å². The lowest BCUT2D eigenvalue weighted by Crippen LogP contribution is -2.33. The first-order valence-corrected chi connectivity index (χ1v) is 8.80. The van der Waals surface area contributed by atoms with E-state index in [4.69, 9.17) is 10.7 Å². The Morgan fingerprint density at radius 1 is 1.00 bits per heavy atom. The van der Waals surface area contributed by atoms with Gasteiger partial charge in [0.15, 0.2) is 0 Å². The molecule has 0 unspecified atom stereocenters. The molecule has 5 nitrogen and oxygen atoms in total. The molecule has 0 saturated heterocycles. The van der Waals surface area contributed by atoms with E-state index in [0.717, 1.165) is 0 Å². The summed E-state index contributed by atoms with van der Waals surface area (Å²) in [5.41, 5.74) is 0.286. The molecule has 0 bridgehead atoms. The summed E-state index contributed by atoms with van der Waals surface area (Å²) in [5, 5.41) is 0. The minimum absolute atomic E-state index is 0.0807. The quantitative estimate of drug-likeness (QED) is 0.867. The fraction of sp³-hybridized carbons (Fsp3) is 0.400. The van der Waals surface area contributed by atoms with Crippen LogP contribution in [0, 0.1) is 0 Å². The normalized spacial score (nSPS) is 13.3. The molecule has 1 N–H and O–H groups in total. The summed E-state index contributed by atoms with van der Waals surface area (Å²) in [6.45, 7) is 4.69. The maximum absolute atomic E-state index is 11.8. The standard InChI is InChI=1S/C10H14ClNO4S2/c1-10(2,3)18(15,16)12-8-4-6-9(7-5-8)17(11,13)14/h4-7,12H,1-3H3. The maximum atomic E-state index is 11.8. The van der Waals surface area contributed by atoms with Crippen LogP contribution in [0.3, 0.4) is 0 Å². The zero-order valence-corrected chi connectivity index (χ0v) is 12.5. The van der Waals surface area contributed by atoms with Crippen molar-refractivity contribution in [1.82, 2.24) is 0 Å². The molecule has 0 fully saturated rings. The first kappa shape index (κ1) is 15.3. The lowest BCUT2D eigenvalue weighted by atomic mass is 10.3. The highest BCUT2D eigenvalue weighted by Crippen LogP contribution is 2.22.